The van der Waals surface area contributed by atoms with Gasteiger partial charge in [0.05, 0.1) is 13.0 Å². The molecule has 0 fully saturated rings. The zero-order chi connectivity index (χ0) is 34.4. The minimum atomic E-state index is -4.11. The highest BCUT2D eigenvalue weighted by atomic mass is 32.2. The van der Waals surface area contributed by atoms with Crippen molar-refractivity contribution in [2.75, 3.05) is 4.90 Å². The predicted octanol–water partition coefficient (Wildman–Crippen LogP) is 6.77. The first-order chi connectivity index (χ1) is 20.4. The van der Waals surface area contributed by atoms with Gasteiger partial charge < -0.3 is 19.7 Å². The van der Waals surface area contributed by atoms with Crippen molar-refractivity contribution in [2.24, 2.45) is 0 Å². The Morgan fingerprint density at radius 2 is 1.44 bits per heavy atom. The summed E-state index contributed by atoms with van der Waals surface area (Å²) >= 11 is -3.54. The highest BCUT2D eigenvalue weighted by Crippen LogP contribution is 2.51. The van der Waals surface area contributed by atoms with Crippen molar-refractivity contribution in [3.8, 4) is 5.75 Å². The highest BCUT2D eigenvalue weighted by molar-refractivity contribution is 7.77. The summed E-state index contributed by atoms with van der Waals surface area (Å²) in [6.07, 6.45) is -1.75. The summed E-state index contributed by atoms with van der Waals surface area (Å²) in [5.41, 5.74) is -6.94. The number of nitrogens with one attached hydrogen (secondary N) is 1. The van der Waals surface area contributed by atoms with Gasteiger partial charge in [-0.2, -0.15) is 0 Å². The number of aromatic carboxylic acids is 1. The van der Waals surface area contributed by atoms with Gasteiger partial charge in [-0.05, 0) is 46.6 Å². The van der Waals surface area contributed by atoms with Crippen molar-refractivity contribution in [3.05, 3.63) is 82.0 Å². The maximum Gasteiger partial charge on any atom is 0.339 e. The smallest absolute Gasteiger partial charge is 0.339 e. The summed E-state index contributed by atoms with van der Waals surface area (Å²) in [6, 6.07) is 8.39. The third-order valence-corrected chi connectivity index (χ3v) is 8.30. The van der Waals surface area contributed by atoms with Gasteiger partial charge in [0, 0.05) is 23.0 Å². The summed E-state index contributed by atoms with van der Waals surface area (Å²) in [6.45, 7) is 11.7. The van der Waals surface area contributed by atoms with Crippen LogP contribution >= 0.6 is 0 Å². The fourth-order valence-electron chi connectivity index (χ4n) is 4.85. The molecule has 8 nitrogen and oxygen atoms in total. The fourth-order valence-corrected chi connectivity index (χ4v) is 5.44. The van der Waals surface area contributed by atoms with E-state index in [-0.39, 0.29) is 5.69 Å². The van der Waals surface area contributed by atoms with Gasteiger partial charge in [0.2, 0.25) is 5.91 Å². The van der Waals surface area contributed by atoms with Crippen LogP contribution in [0.25, 0.3) is 0 Å². The largest absolute Gasteiger partial charge is 0.760 e. The van der Waals surface area contributed by atoms with Crippen molar-refractivity contribution in [1.29, 1.82) is 0 Å². The number of aromatic hydroxyl groups is 1. The Balaban J connectivity index is 2.24. The molecule has 3 atom stereocenters. The average molecular weight is 658 g/mol. The van der Waals surface area contributed by atoms with Crippen LogP contribution in [0.4, 0.5) is 27.6 Å². The number of nitrogens with zero attached hydrogens (tertiary/aromatic N) is 1. The van der Waals surface area contributed by atoms with E-state index in [1.54, 1.807) is 12.1 Å². The molecule has 0 bridgehead atoms. The van der Waals surface area contributed by atoms with Crippen LogP contribution in [0.3, 0.4) is 0 Å². The second-order valence-electron chi connectivity index (χ2n) is 13.1. The molecule has 45 heavy (non-hydrogen) atoms. The quantitative estimate of drug-likeness (QED) is 0.212. The molecular formula is C31H34F5N2O6S-. The molecule has 3 unspecified atom stereocenters. The Kier molecular flexibility index (Phi) is 9.79. The van der Waals surface area contributed by atoms with Crippen LogP contribution in [0.15, 0.2) is 59.7 Å². The monoisotopic (exact) mass is 657 g/mol. The summed E-state index contributed by atoms with van der Waals surface area (Å²) in [5.74, 6) is -13.6. The van der Waals surface area contributed by atoms with Crippen molar-refractivity contribution in [2.45, 2.75) is 83.5 Å². The van der Waals surface area contributed by atoms with Crippen molar-refractivity contribution in [3.63, 3.8) is 0 Å². The molecule has 14 heteroatoms. The van der Waals surface area contributed by atoms with E-state index >= 15 is 8.78 Å². The number of halogens is 5. The van der Waals surface area contributed by atoms with E-state index in [0.717, 1.165) is 34.2 Å². The Morgan fingerprint density at radius 3 is 1.89 bits per heavy atom. The molecule has 0 radical (unpaired) electrons. The molecule has 0 spiro atoms. The molecular weight excluding hydrogens is 623 g/mol. The van der Waals surface area contributed by atoms with Gasteiger partial charge >= 0.3 is 5.97 Å². The van der Waals surface area contributed by atoms with Crippen LogP contribution in [0, 0.1) is 0 Å². The predicted molar refractivity (Wildman–Crippen MR) is 157 cm³/mol. The number of amides is 1. The molecule has 0 saturated heterocycles. The van der Waals surface area contributed by atoms with E-state index in [0.29, 0.717) is 12.5 Å². The lowest BCUT2D eigenvalue weighted by atomic mass is 9.75. The maximum atomic E-state index is 16.6. The number of phenols is 1. The number of carbonyl (C=O) groups is 2. The minimum absolute atomic E-state index is 0.213. The first-order valence-corrected chi connectivity index (χ1v) is 14.7. The first-order valence-electron chi connectivity index (χ1n) is 13.6. The van der Waals surface area contributed by atoms with Gasteiger partial charge in [0.25, 0.3) is 0 Å². The van der Waals surface area contributed by atoms with Crippen LogP contribution in [0.5, 0.6) is 5.75 Å². The fraction of sp³-hybridized carbons (Fsp3) is 0.419. The Bertz CT molecular complexity index is 1600. The number of anilines is 1. The lowest BCUT2D eigenvalue weighted by Crippen LogP contribution is -2.63. The molecule has 1 aliphatic rings. The highest BCUT2D eigenvalue weighted by Gasteiger charge is 2.62. The number of allylic oxidation sites excluding steroid dienone is 2. The molecule has 0 aromatic heterocycles. The molecule has 3 rings (SSSR count). The van der Waals surface area contributed by atoms with E-state index in [1.165, 1.54) is 4.72 Å². The molecule has 0 heterocycles. The van der Waals surface area contributed by atoms with Gasteiger partial charge in [0.1, 0.15) is 16.9 Å². The van der Waals surface area contributed by atoms with Crippen molar-refractivity contribution in [1.82, 2.24) is 4.72 Å². The van der Waals surface area contributed by atoms with Gasteiger partial charge in [-0.15, -0.1) is 0 Å². The lowest BCUT2D eigenvalue weighted by Gasteiger charge is -2.44. The van der Waals surface area contributed by atoms with Crippen LogP contribution in [-0.4, -0.2) is 42.1 Å². The maximum absolute atomic E-state index is 16.6. The van der Waals surface area contributed by atoms with E-state index < -0.39 is 92.8 Å². The zero-order valence-electron chi connectivity index (χ0n) is 25.7. The van der Waals surface area contributed by atoms with Crippen LogP contribution in [-0.2, 0) is 33.4 Å². The molecule has 2 aromatic carbocycles. The van der Waals surface area contributed by atoms with E-state index in [4.69, 9.17) is 0 Å². The van der Waals surface area contributed by atoms with Crippen molar-refractivity contribution >= 4 is 28.8 Å². The number of rotatable bonds is 8. The molecule has 0 saturated carbocycles. The van der Waals surface area contributed by atoms with Crippen molar-refractivity contribution < 1.29 is 50.5 Å². The Labute approximate surface area is 260 Å². The summed E-state index contributed by atoms with van der Waals surface area (Å²) in [7, 11) is 0. The molecule has 3 N–H and O–H groups in total. The zero-order valence-corrected chi connectivity index (χ0v) is 26.5. The molecule has 1 aliphatic carbocycles. The number of hydrogen-bond acceptors (Lipinski definition) is 5. The molecule has 246 valence electrons. The topological polar surface area (TPSA) is 130 Å². The van der Waals surface area contributed by atoms with E-state index in [1.807, 2.05) is 47.6 Å². The summed E-state index contributed by atoms with van der Waals surface area (Å²) in [4.78, 5) is 26.2. The summed E-state index contributed by atoms with van der Waals surface area (Å²) in [5, 5.41) is 19.7. The van der Waals surface area contributed by atoms with E-state index in [9.17, 15) is 41.7 Å². The number of alkyl halides is 1. The average Bonchev–Trinajstić information content (AvgIpc) is 2.91. The molecule has 0 aliphatic heterocycles. The van der Waals surface area contributed by atoms with Crippen LogP contribution in [0.2, 0.25) is 0 Å². The number of benzene rings is 2. The van der Waals surface area contributed by atoms with Crippen LogP contribution < -0.4 is 9.62 Å². The number of carbonyl (C=O) groups excluding carboxylic acids is 1. The summed E-state index contributed by atoms with van der Waals surface area (Å²) < 4.78 is 99.6. The Hall–Kier alpha value is -3.62. The second kappa shape index (κ2) is 12.3. The normalized spacial score (nSPS) is 21.6. The third-order valence-electron chi connectivity index (χ3n) is 7.73. The number of carboxylic acid groups (broad SMARTS) is 1. The van der Waals surface area contributed by atoms with Gasteiger partial charge in [-0.25, -0.2) is 31.5 Å². The standard InChI is InChI=1S/C31H35F5N2O6S/c1-28(2,3)17-10-16(11-18(12-17)29(4,5)6)15-38(19-8-9-20(27(41)42)21(39)13-19)22(40)14-31(36)26(35)24(33)23(32)25(34)30(31,7)37-45(43)44/h8-13,37,39H,14-15H2,1-7H3,(H,41,42)(H,43,44)/p-1. The Morgan fingerprint density at radius 1 is 0.933 bits per heavy atom. The van der Waals surface area contributed by atoms with Gasteiger partial charge in [0.15, 0.2) is 29.0 Å². The number of hydrogen-bond donors (Lipinski definition) is 3. The van der Waals surface area contributed by atoms with Crippen LogP contribution in [0.1, 0.15) is 81.9 Å². The SMILES string of the molecule is CC(C)(C)c1cc(CN(C(=O)CC2(F)C(F)=C(F)C(F)=C(F)C2(C)NS(=O)[O-])c2ccc(C(=O)O)c(O)c2)cc(C(C)(C)C)c1. The first kappa shape index (κ1) is 35.9. The molecule has 1 amide bonds. The van der Waals surface area contributed by atoms with Gasteiger partial charge in [-0.1, -0.05) is 59.7 Å². The minimum Gasteiger partial charge on any atom is -0.760 e. The van der Waals surface area contributed by atoms with Gasteiger partial charge in [-0.3, -0.25) is 9.00 Å². The second-order valence-corrected chi connectivity index (χ2v) is 13.8. The third kappa shape index (κ3) is 6.97. The van der Waals surface area contributed by atoms with E-state index in [2.05, 4.69) is 0 Å². The number of carboxylic acids is 1. The molecule has 2 aromatic rings. The lowest BCUT2D eigenvalue weighted by molar-refractivity contribution is -0.122.